The number of phenolic OH excluding ortho intramolecular Hbond substituents is 1. The van der Waals surface area contributed by atoms with Crippen LogP contribution in [0.25, 0.3) is 10.9 Å². The highest BCUT2D eigenvalue weighted by molar-refractivity contribution is 6.07. The molecule has 0 fully saturated rings. The molecule has 0 saturated carbocycles. The van der Waals surface area contributed by atoms with Crippen LogP contribution < -0.4 is 32.7 Å². The Bertz CT molecular complexity index is 1590. The Morgan fingerprint density at radius 3 is 1.91 bits per heavy atom. The van der Waals surface area contributed by atoms with Crippen molar-refractivity contribution in [3.8, 4) is 5.75 Å². The Morgan fingerprint density at radius 2 is 1.33 bits per heavy atom. The molecule has 10 N–H and O–H groups in total. The van der Waals surface area contributed by atoms with E-state index in [2.05, 4.69) is 26.3 Å². The van der Waals surface area contributed by atoms with Crippen molar-refractivity contribution in [1.82, 2.24) is 26.3 Å². The first-order chi connectivity index (χ1) is 21.2. The Hall–Kier alpha value is -5.73. The number of nitrogens with two attached hydrogens (primary N) is 2. The van der Waals surface area contributed by atoms with Gasteiger partial charge in [-0.05, 0) is 36.2 Å². The Labute approximate surface area is 257 Å². The number of para-hydroxylation sites is 1. The number of Topliss-reactive ketones (excluding diaryl/α,β-unsaturated/α-hetero) is 1. The van der Waals surface area contributed by atoms with Crippen LogP contribution in [0.5, 0.6) is 5.75 Å². The smallest absolute Gasteiger partial charge is 0.247 e. The summed E-state index contributed by atoms with van der Waals surface area (Å²) in [6, 6.07) is 7.35. The third-order valence-corrected chi connectivity index (χ3v) is 6.82. The van der Waals surface area contributed by atoms with Gasteiger partial charge in [0.25, 0.3) is 0 Å². The fraction of sp³-hybridized carbons (Fsp3) is 0.300. The number of aromatic nitrogens is 1. The zero-order valence-corrected chi connectivity index (χ0v) is 24.6. The van der Waals surface area contributed by atoms with Gasteiger partial charge in [-0.2, -0.15) is 0 Å². The van der Waals surface area contributed by atoms with Crippen molar-refractivity contribution in [2.45, 2.75) is 57.3 Å². The average Bonchev–Trinajstić information content (AvgIpc) is 3.37. The topological polar surface area (TPSA) is 256 Å². The lowest BCUT2D eigenvalue weighted by atomic mass is 10.0. The van der Waals surface area contributed by atoms with Crippen molar-refractivity contribution in [3.05, 3.63) is 65.9 Å². The van der Waals surface area contributed by atoms with Gasteiger partial charge in [-0.3, -0.25) is 33.6 Å². The summed E-state index contributed by atoms with van der Waals surface area (Å²) in [6.07, 6.45) is 0.871. The quantitative estimate of drug-likeness (QED) is 0.0931. The molecule has 0 spiro atoms. The summed E-state index contributed by atoms with van der Waals surface area (Å²) < 4.78 is 0. The normalized spacial score (nSPS) is 13.5. The van der Waals surface area contributed by atoms with E-state index >= 15 is 0 Å². The fourth-order valence-electron chi connectivity index (χ4n) is 4.62. The lowest BCUT2D eigenvalue weighted by molar-refractivity contribution is -0.136. The van der Waals surface area contributed by atoms with Crippen molar-refractivity contribution in [2.75, 3.05) is 0 Å². The molecule has 6 amide bonds. The standard InChI is InChI=1S/C30H35N7O8/c1-15(38)26(27(32)42)37-30(45)24(13-25(31)41)36-29(44)23(12-18-14-33-21-6-4-3-5-20(18)21)35-28(43)22(34-16(2)39)11-17-7-9-19(40)10-8-17/h3-10,14,22-24,26,33,40H,11-13H2,1-2H3,(H2,31,41)(H2,32,42)(H,34,39)(H,35,43)(H,36,44)(H,37,45). The molecule has 238 valence electrons. The molecular weight excluding hydrogens is 586 g/mol. The van der Waals surface area contributed by atoms with Crippen LogP contribution >= 0.6 is 0 Å². The number of hydrogen-bond acceptors (Lipinski definition) is 8. The second-order valence-corrected chi connectivity index (χ2v) is 10.4. The van der Waals surface area contributed by atoms with Gasteiger partial charge in [-0.25, -0.2) is 0 Å². The number of carbonyl (C=O) groups is 7. The van der Waals surface area contributed by atoms with Gasteiger partial charge >= 0.3 is 0 Å². The van der Waals surface area contributed by atoms with Gasteiger partial charge in [-0.15, -0.1) is 0 Å². The summed E-state index contributed by atoms with van der Waals surface area (Å²) >= 11 is 0. The number of ketones is 1. The number of benzene rings is 2. The van der Waals surface area contributed by atoms with E-state index in [4.69, 9.17) is 11.5 Å². The van der Waals surface area contributed by atoms with Gasteiger partial charge in [-0.1, -0.05) is 30.3 Å². The zero-order chi connectivity index (χ0) is 33.3. The third kappa shape index (κ3) is 9.64. The lowest BCUT2D eigenvalue weighted by Crippen LogP contribution is -2.60. The van der Waals surface area contributed by atoms with E-state index in [9.17, 15) is 38.7 Å². The molecule has 2 aromatic carbocycles. The average molecular weight is 622 g/mol. The number of aromatic amines is 1. The van der Waals surface area contributed by atoms with Crippen LogP contribution in [0.4, 0.5) is 0 Å². The summed E-state index contributed by atoms with van der Waals surface area (Å²) in [6.45, 7) is 2.24. The number of fused-ring (bicyclic) bond motifs is 1. The van der Waals surface area contributed by atoms with E-state index in [1.165, 1.54) is 19.1 Å². The van der Waals surface area contributed by atoms with Crippen molar-refractivity contribution in [2.24, 2.45) is 11.5 Å². The first-order valence-corrected chi connectivity index (χ1v) is 13.8. The lowest BCUT2D eigenvalue weighted by Gasteiger charge is -2.25. The van der Waals surface area contributed by atoms with Gasteiger partial charge in [0.15, 0.2) is 11.8 Å². The number of phenols is 1. The molecule has 15 nitrogen and oxygen atoms in total. The molecule has 0 bridgehead atoms. The van der Waals surface area contributed by atoms with Gasteiger partial charge < -0.3 is 42.8 Å². The monoisotopic (exact) mass is 621 g/mol. The maximum absolute atomic E-state index is 13.7. The number of hydrogen-bond donors (Lipinski definition) is 8. The van der Waals surface area contributed by atoms with E-state index in [0.29, 0.717) is 11.1 Å². The Morgan fingerprint density at radius 1 is 0.756 bits per heavy atom. The predicted octanol–water partition coefficient (Wildman–Crippen LogP) is -1.43. The minimum Gasteiger partial charge on any atom is -0.508 e. The molecule has 0 aliphatic carbocycles. The minimum atomic E-state index is -1.72. The SMILES string of the molecule is CC(=O)NC(Cc1ccc(O)cc1)C(=O)NC(Cc1c[nH]c2ccccc12)C(=O)NC(CC(N)=O)C(=O)NC(C(C)=O)C(N)=O. The number of primary amides is 2. The van der Waals surface area contributed by atoms with Gasteiger partial charge in [0, 0.05) is 36.9 Å². The third-order valence-electron chi connectivity index (χ3n) is 6.82. The fourth-order valence-corrected chi connectivity index (χ4v) is 4.62. The number of rotatable bonds is 15. The van der Waals surface area contributed by atoms with Crippen LogP contribution in [0.1, 0.15) is 31.4 Å². The maximum atomic E-state index is 13.7. The number of H-pyrrole nitrogens is 1. The highest BCUT2D eigenvalue weighted by Crippen LogP contribution is 2.20. The molecule has 15 heteroatoms. The van der Waals surface area contributed by atoms with Gasteiger partial charge in [0.2, 0.25) is 35.4 Å². The predicted molar refractivity (Wildman–Crippen MR) is 161 cm³/mol. The van der Waals surface area contributed by atoms with Crippen LogP contribution in [0.15, 0.2) is 54.7 Å². The molecule has 0 aliphatic heterocycles. The molecule has 3 rings (SSSR count). The van der Waals surface area contributed by atoms with Crippen molar-refractivity contribution >= 4 is 52.1 Å². The van der Waals surface area contributed by atoms with E-state index < -0.39 is 71.8 Å². The van der Waals surface area contributed by atoms with E-state index in [1.54, 1.807) is 30.5 Å². The van der Waals surface area contributed by atoms with Crippen LogP contribution in [0.2, 0.25) is 0 Å². The highest BCUT2D eigenvalue weighted by atomic mass is 16.3. The van der Waals surface area contributed by atoms with Crippen molar-refractivity contribution < 1.29 is 38.7 Å². The number of carbonyl (C=O) groups excluding carboxylic acids is 7. The second-order valence-electron chi connectivity index (χ2n) is 10.4. The van der Waals surface area contributed by atoms with E-state index in [1.807, 2.05) is 12.1 Å². The molecule has 0 aliphatic rings. The molecule has 4 unspecified atom stereocenters. The van der Waals surface area contributed by atoms with Crippen LogP contribution in [-0.4, -0.2) is 75.5 Å². The second kappa shape index (κ2) is 15.1. The number of nitrogens with one attached hydrogen (secondary N) is 5. The molecule has 1 aromatic heterocycles. The first-order valence-electron chi connectivity index (χ1n) is 13.8. The van der Waals surface area contributed by atoms with Crippen LogP contribution in [0.3, 0.4) is 0 Å². The summed E-state index contributed by atoms with van der Waals surface area (Å²) in [5, 5.41) is 20.0. The molecule has 3 aromatic rings. The van der Waals surface area contributed by atoms with Crippen LogP contribution in [0, 0.1) is 0 Å². The maximum Gasteiger partial charge on any atom is 0.247 e. The molecular formula is C30H35N7O8. The molecule has 0 saturated heterocycles. The summed E-state index contributed by atoms with van der Waals surface area (Å²) in [7, 11) is 0. The zero-order valence-electron chi connectivity index (χ0n) is 24.6. The van der Waals surface area contributed by atoms with E-state index in [0.717, 1.165) is 17.8 Å². The summed E-state index contributed by atoms with van der Waals surface area (Å²) in [4.78, 5) is 90.5. The molecule has 4 atom stereocenters. The molecule has 0 radical (unpaired) electrons. The van der Waals surface area contributed by atoms with Crippen molar-refractivity contribution in [1.29, 1.82) is 0 Å². The van der Waals surface area contributed by atoms with Crippen molar-refractivity contribution in [3.63, 3.8) is 0 Å². The summed E-state index contributed by atoms with van der Waals surface area (Å²) in [5.74, 6) is -6.13. The minimum absolute atomic E-state index is 0.00903. The first kappa shape index (κ1) is 33.8. The number of amides is 6. The molecule has 45 heavy (non-hydrogen) atoms. The van der Waals surface area contributed by atoms with Crippen LogP contribution in [-0.2, 0) is 46.4 Å². The number of aromatic hydroxyl groups is 1. The van der Waals surface area contributed by atoms with Gasteiger partial charge in [0.1, 0.15) is 23.9 Å². The van der Waals surface area contributed by atoms with E-state index in [-0.39, 0.29) is 18.6 Å². The largest absolute Gasteiger partial charge is 0.508 e. The molecule has 1 heterocycles. The highest BCUT2D eigenvalue weighted by Gasteiger charge is 2.33. The Kier molecular flexibility index (Phi) is 11.4. The summed E-state index contributed by atoms with van der Waals surface area (Å²) in [5.41, 5.74) is 12.5. The van der Waals surface area contributed by atoms with Gasteiger partial charge in [0.05, 0.1) is 6.42 Å². The Balaban J connectivity index is 1.92.